The minimum absolute atomic E-state index is 0.414. The van der Waals surface area contributed by atoms with E-state index in [0.29, 0.717) is 12.1 Å². The van der Waals surface area contributed by atoms with Crippen LogP contribution in [0.3, 0.4) is 0 Å². The van der Waals surface area contributed by atoms with Crippen LogP contribution in [-0.2, 0) is 4.74 Å². The van der Waals surface area contributed by atoms with Gasteiger partial charge >= 0.3 is 0 Å². The third-order valence-electron chi connectivity index (χ3n) is 5.53. The molecule has 0 bridgehead atoms. The number of nitrogens with zero attached hydrogens (tertiary/aromatic N) is 3. The van der Waals surface area contributed by atoms with Crippen molar-refractivity contribution in [1.29, 1.82) is 0 Å². The number of hydrogen-bond acceptors (Lipinski definition) is 4. The first-order valence-electron chi connectivity index (χ1n) is 9.03. The maximum atomic E-state index is 5.51. The second kappa shape index (κ2) is 6.30. The van der Waals surface area contributed by atoms with Gasteiger partial charge in [0.15, 0.2) is 0 Å². The van der Waals surface area contributed by atoms with Gasteiger partial charge in [-0.15, -0.1) is 0 Å². The summed E-state index contributed by atoms with van der Waals surface area (Å²) in [5, 5.41) is 4.07. The number of aromatic nitrogens is 3. The molecule has 0 aliphatic heterocycles. The number of rotatable bonds is 3. The van der Waals surface area contributed by atoms with Gasteiger partial charge in [0.1, 0.15) is 11.6 Å². The maximum Gasteiger partial charge on any atom is 0.141 e. The van der Waals surface area contributed by atoms with Crippen LogP contribution in [0.2, 0.25) is 0 Å². The van der Waals surface area contributed by atoms with Gasteiger partial charge in [0, 0.05) is 18.7 Å². The predicted molar refractivity (Wildman–Crippen MR) is 97.7 cm³/mol. The zero-order valence-corrected chi connectivity index (χ0v) is 15.4. The summed E-state index contributed by atoms with van der Waals surface area (Å²) in [6.45, 7) is 6.05. The van der Waals surface area contributed by atoms with E-state index in [-0.39, 0.29) is 0 Å². The summed E-state index contributed by atoms with van der Waals surface area (Å²) in [6, 6.07) is 7.03. The molecule has 1 aromatic carbocycles. The van der Waals surface area contributed by atoms with Crippen molar-refractivity contribution in [3.63, 3.8) is 0 Å². The number of methoxy groups -OCH3 is 1. The molecule has 132 valence electrons. The topological polar surface area (TPSA) is 53.1 Å². The smallest absolute Gasteiger partial charge is 0.141 e. The number of fused-ring (bicyclic) bond motifs is 1. The minimum Gasteiger partial charge on any atom is -0.381 e. The molecule has 0 amide bonds. The van der Waals surface area contributed by atoms with Gasteiger partial charge < -0.3 is 13.8 Å². The van der Waals surface area contributed by atoms with Crippen molar-refractivity contribution in [3.8, 4) is 11.1 Å². The molecule has 5 nitrogen and oxygen atoms in total. The van der Waals surface area contributed by atoms with Crippen molar-refractivity contribution in [2.24, 2.45) is 0 Å². The van der Waals surface area contributed by atoms with Gasteiger partial charge in [0.05, 0.1) is 22.8 Å². The fourth-order valence-corrected chi connectivity index (χ4v) is 4.27. The van der Waals surface area contributed by atoms with Crippen molar-refractivity contribution < 1.29 is 9.26 Å². The number of benzene rings is 1. The Labute approximate surface area is 148 Å². The minimum atomic E-state index is 0.414. The lowest BCUT2D eigenvalue weighted by Gasteiger charge is -2.29. The number of aryl methyl sites for hydroxylation is 3. The van der Waals surface area contributed by atoms with Crippen LogP contribution in [0.5, 0.6) is 0 Å². The van der Waals surface area contributed by atoms with E-state index in [4.69, 9.17) is 14.2 Å². The monoisotopic (exact) mass is 339 g/mol. The molecule has 0 N–H and O–H groups in total. The van der Waals surface area contributed by atoms with Gasteiger partial charge in [-0.2, -0.15) is 0 Å². The standard InChI is InChI=1S/C20H25N3O2/c1-12-20(13(2)25-22-12)15-5-10-19-18(11-15)21-14(3)23(19)16-6-8-17(24-4)9-7-16/h5,10-11,16-17H,6-9H2,1-4H3/t16-,17-. The highest BCUT2D eigenvalue weighted by Crippen LogP contribution is 2.35. The molecule has 1 saturated carbocycles. The molecule has 4 rings (SSSR count). The first kappa shape index (κ1) is 16.3. The second-order valence-electron chi connectivity index (χ2n) is 7.10. The zero-order valence-electron chi connectivity index (χ0n) is 15.4. The van der Waals surface area contributed by atoms with Gasteiger partial charge in [0.2, 0.25) is 0 Å². The molecular formula is C20H25N3O2. The second-order valence-corrected chi connectivity index (χ2v) is 7.10. The summed E-state index contributed by atoms with van der Waals surface area (Å²) in [4.78, 5) is 4.84. The highest BCUT2D eigenvalue weighted by molar-refractivity contribution is 5.83. The van der Waals surface area contributed by atoms with Crippen LogP contribution in [0.25, 0.3) is 22.2 Å². The molecule has 3 aromatic rings. The molecule has 1 aliphatic carbocycles. The van der Waals surface area contributed by atoms with Crippen LogP contribution < -0.4 is 0 Å². The summed E-state index contributed by atoms with van der Waals surface area (Å²) in [7, 11) is 1.82. The first-order chi connectivity index (χ1) is 12.1. The van der Waals surface area contributed by atoms with Crippen molar-refractivity contribution in [1.82, 2.24) is 14.7 Å². The Morgan fingerprint density at radius 2 is 1.88 bits per heavy atom. The SMILES string of the molecule is CO[C@H]1CC[C@H](n2c(C)nc3cc(-c4c(C)noc4C)ccc32)CC1. The molecular weight excluding hydrogens is 314 g/mol. The van der Waals surface area contributed by atoms with E-state index in [1.807, 2.05) is 21.0 Å². The summed E-state index contributed by atoms with van der Waals surface area (Å²) in [5.74, 6) is 1.94. The first-order valence-corrected chi connectivity index (χ1v) is 9.03. The summed E-state index contributed by atoms with van der Waals surface area (Å²) >= 11 is 0. The Hall–Kier alpha value is -2.14. The van der Waals surface area contributed by atoms with Crippen LogP contribution in [-0.4, -0.2) is 27.9 Å². The normalized spacial score (nSPS) is 21.1. The van der Waals surface area contributed by atoms with Crippen LogP contribution in [0.4, 0.5) is 0 Å². The average Bonchev–Trinajstić information content (AvgIpc) is 3.12. The van der Waals surface area contributed by atoms with Gasteiger partial charge in [-0.05, 0) is 64.2 Å². The van der Waals surface area contributed by atoms with Crippen LogP contribution in [0.15, 0.2) is 22.7 Å². The van der Waals surface area contributed by atoms with Crippen molar-refractivity contribution in [2.75, 3.05) is 7.11 Å². The highest BCUT2D eigenvalue weighted by atomic mass is 16.5. The molecule has 25 heavy (non-hydrogen) atoms. The third-order valence-corrected chi connectivity index (χ3v) is 5.53. The largest absolute Gasteiger partial charge is 0.381 e. The van der Waals surface area contributed by atoms with E-state index in [1.165, 1.54) is 5.52 Å². The zero-order chi connectivity index (χ0) is 17.6. The Morgan fingerprint density at radius 3 is 2.52 bits per heavy atom. The maximum absolute atomic E-state index is 5.51. The average molecular weight is 339 g/mol. The van der Waals surface area contributed by atoms with E-state index >= 15 is 0 Å². The molecule has 2 aromatic heterocycles. The van der Waals surface area contributed by atoms with Gasteiger partial charge in [-0.25, -0.2) is 4.98 Å². The molecule has 0 unspecified atom stereocenters. The molecule has 1 aliphatic rings. The molecule has 0 atom stereocenters. The summed E-state index contributed by atoms with van der Waals surface area (Å²) in [6.07, 6.45) is 4.96. The van der Waals surface area contributed by atoms with Gasteiger partial charge in [-0.3, -0.25) is 0 Å². The Balaban J connectivity index is 1.72. The molecule has 1 fully saturated rings. The number of hydrogen-bond donors (Lipinski definition) is 0. The van der Waals surface area contributed by atoms with Crippen LogP contribution in [0, 0.1) is 20.8 Å². The molecule has 0 radical (unpaired) electrons. The Morgan fingerprint density at radius 1 is 1.12 bits per heavy atom. The van der Waals surface area contributed by atoms with Crippen LogP contribution in [0.1, 0.15) is 49.0 Å². The Kier molecular flexibility index (Phi) is 4.12. The summed E-state index contributed by atoms with van der Waals surface area (Å²) in [5.41, 5.74) is 5.38. The lowest BCUT2D eigenvalue weighted by Crippen LogP contribution is -2.23. The number of imidazole rings is 1. The quantitative estimate of drug-likeness (QED) is 0.691. The van der Waals surface area contributed by atoms with Gasteiger partial charge in [-0.1, -0.05) is 11.2 Å². The molecule has 5 heteroatoms. The molecule has 2 heterocycles. The Bertz CT molecular complexity index is 882. The van der Waals surface area contributed by atoms with Crippen molar-refractivity contribution in [3.05, 3.63) is 35.5 Å². The summed E-state index contributed by atoms with van der Waals surface area (Å²) < 4.78 is 13.2. The fourth-order valence-electron chi connectivity index (χ4n) is 4.27. The molecule has 0 spiro atoms. The van der Waals surface area contributed by atoms with Crippen molar-refractivity contribution >= 4 is 11.0 Å². The van der Waals surface area contributed by atoms with E-state index in [9.17, 15) is 0 Å². The predicted octanol–water partition coefficient (Wildman–Crippen LogP) is 4.75. The third kappa shape index (κ3) is 2.76. The van der Waals surface area contributed by atoms with E-state index in [1.54, 1.807) is 0 Å². The van der Waals surface area contributed by atoms with Crippen LogP contribution >= 0.6 is 0 Å². The lowest BCUT2D eigenvalue weighted by molar-refractivity contribution is 0.0587. The van der Waals surface area contributed by atoms with Crippen molar-refractivity contribution in [2.45, 2.75) is 58.6 Å². The lowest BCUT2D eigenvalue weighted by atomic mass is 9.92. The van der Waals surface area contributed by atoms with Gasteiger partial charge in [0.25, 0.3) is 0 Å². The van der Waals surface area contributed by atoms with E-state index in [2.05, 4.69) is 34.8 Å². The fraction of sp³-hybridized carbons (Fsp3) is 0.500. The highest BCUT2D eigenvalue weighted by Gasteiger charge is 2.25. The number of ether oxygens (including phenoxy) is 1. The van der Waals surface area contributed by atoms with E-state index < -0.39 is 0 Å². The van der Waals surface area contributed by atoms with E-state index in [0.717, 1.165) is 59.6 Å². The molecule has 0 saturated heterocycles.